The fraction of sp³-hybridized carbons (Fsp3) is 0.286. The van der Waals surface area contributed by atoms with Gasteiger partial charge < -0.3 is 18.9 Å². The van der Waals surface area contributed by atoms with E-state index in [0.717, 1.165) is 5.56 Å². The lowest BCUT2D eigenvalue weighted by atomic mass is 10.2. The van der Waals surface area contributed by atoms with E-state index >= 15 is 0 Å². The van der Waals surface area contributed by atoms with Crippen molar-refractivity contribution in [2.75, 3.05) is 14.2 Å². The predicted molar refractivity (Wildman–Crippen MR) is 101 cm³/mol. The molecule has 0 fully saturated rings. The highest BCUT2D eigenvalue weighted by Crippen LogP contribution is 2.29. The van der Waals surface area contributed by atoms with Crippen LogP contribution in [0.25, 0.3) is 6.08 Å². The number of carbonyl (C=O) groups excluding carboxylic acids is 1. The monoisotopic (exact) mass is 374 g/mol. The van der Waals surface area contributed by atoms with Gasteiger partial charge in [-0.2, -0.15) is 0 Å². The van der Waals surface area contributed by atoms with E-state index < -0.39 is 11.8 Å². The van der Waals surface area contributed by atoms with Crippen LogP contribution in [-0.2, 0) is 16.1 Å². The van der Waals surface area contributed by atoms with Crippen LogP contribution in [0.4, 0.5) is 4.39 Å². The summed E-state index contributed by atoms with van der Waals surface area (Å²) in [7, 11) is 3.02. The van der Waals surface area contributed by atoms with Crippen LogP contribution in [-0.4, -0.2) is 26.3 Å². The van der Waals surface area contributed by atoms with E-state index in [9.17, 15) is 9.18 Å². The maximum absolute atomic E-state index is 13.3. The molecular weight excluding hydrogens is 351 g/mol. The van der Waals surface area contributed by atoms with Gasteiger partial charge in [0.25, 0.3) is 0 Å². The molecule has 2 aromatic carbocycles. The van der Waals surface area contributed by atoms with Gasteiger partial charge in [0.15, 0.2) is 11.5 Å². The largest absolute Gasteiger partial charge is 0.496 e. The molecule has 2 rings (SSSR count). The van der Waals surface area contributed by atoms with E-state index in [4.69, 9.17) is 18.9 Å². The van der Waals surface area contributed by atoms with Gasteiger partial charge in [-0.3, -0.25) is 0 Å². The van der Waals surface area contributed by atoms with Gasteiger partial charge in [-0.1, -0.05) is 6.07 Å². The first-order valence-electron chi connectivity index (χ1n) is 8.45. The van der Waals surface area contributed by atoms with Crippen molar-refractivity contribution in [3.05, 3.63) is 59.4 Å². The van der Waals surface area contributed by atoms with Gasteiger partial charge in [-0.25, -0.2) is 9.18 Å². The summed E-state index contributed by atoms with van der Waals surface area (Å²) in [6, 6.07) is 9.39. The summed E-state index contributed by atoms with van der Waals surface area (Å²) in [5, 5.41) is 0. The zero-order valence-corrected chi connectivity index (χ0v) is 15.8. The summed E-state index contributed by atoms with van der Waals surface area (Å²) >= 11 is 0. The highest BCUT2D eigenvalue weighted by atomic mass is 19.1. The Morgan fingerprint density at radius 3 is 2.41 bits per heavy atom. The van der Waals surface area contributed by atoms with Crippen LogP contribution in [0.2, 0.25) is 0 Å². The van der Waals surface area contributed by atoms with Gasteiger partial charge in [0.05, 0.1) is 20.3 Å². The molecule has 0 N–H and O–H groups in total. The maximum atomic E-state index is 13.3. The minimum absolute atomic E-state index is 0.0232. The number of carbonyl (C=O) groups is 1. The zero-order chi connectivity index (χ0) is 19.8. The van der Waals surface area contributed by atoms with Crippen LogP contribution < -0.4 is 14.2 Å². The summed E-state index contributed by atoms with van der Waals surface area (Å²) in [6.45, 7) is 3.77. The first kappa shape index (κ1) is 20.3. The molecule has 0 unspecified atom stereocenters. The number of ether oxygens (including phenoxy) is 4. The second-order valence-electron chi connectivity index (χ2n) is 5.97. The summed E-state index contributed by atoms with van der Waals surface area (Å²) < 4.78 is 34.6. The van der Waals surface area contributed by atoms with Crippen LogP contribution in [0.1, 0.15) is 25.0 Å². The number of methoxy groups -OCH3 is 2. The Morgan fingerprint density at radius 1 is 1.04 bits per heavy atom. The summed E-state index contributed by atoms with van der Waals surface area (Å²) in [6.07, 6.45) is 2.92. The Balaban J connectivity index is 2.01. The molecule has 0 aliphatic rings. The van der Waals surface area contributed by atoms with Gasteiger partial charge in [0.1, 0.15) is 18.2 Å². The first-order valence-corrected chi connectivity index (χ1v) is 8.45. The molecule has 0 amide bonds. The molecule has 0 spiro atoms. The van der Waals surface area contributed by atoms with Crippen LogP contribution >= 0.6 is 0 Å². The molecule has 0 aliphatic heterocycles. The SMILES string of the molecule is COc1ccc(F)cc1COC(=O)/C=C/c1ccc(OC(C)C)c(OC)c1. The average molecular weight is 374 g/mol. The summed E-state index contributed by atoms with van der Waals surface area (Å²) in [5.74, 6) is 0.684. The molecular formula is C21H23FO5. The highest BCUT2D eigenvalue weighted by molar-refractivity contribution is 5.87. The van der Waals surface area contributed by atoms with Crippen molar-refractivity contribution in [2.45, 2.75) is 26.6 Å². The van der Waals surface area contributed by atoms with Crippen molar-refractivity contribution in [2.24, 2.45) is 0 Å². The molecule has 0 bridgehead atoms. The smallest absolute Gasteiger partial charge is 0.331 e. The topological polar surface area (TPSA) is 54.0 Å². The van der Waals surface area contributed by atoms with E-state index in [1.807, 2.05) is 13.8 Å². The molecule has 0 saturated carbocycles. The fourth-order valence-corrected chi connectivity index (χ4v) is 2.36. The highest BCUT2D eigenvalue weighted by Gasteiger charge is 2.08. The third-order valence-corrected chi connectivity index (χ3v) is 3.57. The van der Waals surface area contributed by atoms with Gasteiger partial charge in [-0.05, 0) is 55.8 Å². The van der Waals surface area contributed by atoms with Crippen molar-refractivity contribution in [1.29, 1.82) is 0 Å². The number of halogens is 1. The minimum atomic E-state index is -0.553. The normalized spacial score (nSPS) is 10.9. The van der Waals surface area contributed by atoms with Gasteiger partial charge >= 0.3 is 5.97 Å². The number of benzene rings is 2. The van der Waals surface area contributed by atoms with Gasteiger partial charge in [0.2, 0.25) is 0 Å². The molecule has 0 aromatic heterocycles. The van der Waals surface area contributed by atoms with Crippen LogP contribution in [0, 0.1) is 5.82 Å². The Morgan fingerprint density at radius 2 is 1.74 bits per heavy atom. The van der Waals surface area contributed by atoms with E-state index in [0.29, 0.717) is 22.8 Å². The molecule has 144 valence electrons. The molecule has 0 heterocycles. The van der Waals surface area contributed by atoms with E-state index in [1.165, 1.54) is 31.4 Å². The summed E-state index contributed by atoms with van der Waals surface area (Å²) in [4.78, 5) is 11.9. The standard InChI is InChI=1S/C21H23FO5/c1-14(2)27-19-8-5-15(11-20(19)25-4)6-10-21(23)26-13-16-12-17(22)7-9-18(16)24-3/h5-12,14H,13H2,1-4H3/b10-6+. The van der Waals surface area contributed by atoms with Crippen LogP contribution in [0.15, 0.2) is 42.5 Å². The van der Waals surface area contributed by atoms with Crippen molar-refractivity contribution in [3.63, 3.8) is 0 Å². The molecule has 0 saturated heterocycles. The lowest BCUT2D eigenvalue weighted by Crippen LogP contribution is -2.06. The van der Waals surface area contributed by atoms with Gasteiger partial charge in [-0.15, -0.1) is 0 Å². The quantitative estimate of drug-likeness (QED) is 0.507. The minimum Gasteiger partial charge on any atom is -0.496 e. The Labute approximate surface area is 158 Å². The first-order chi connectivity index (χ1) is 12.9. The molecule has 5 nitrogen and oxygen atoms in total. The van der Waals surface area contributed by atoms with Crippen molar-refractivity contribution in [3.8, 4) is 17.2 Å². The molecule has 2 aromatic rings. The lowest BCUT2D eigenvalue weighted by molar-refractivity contribution is -0.138. The average Bonchev–Trinajstić information content (AvgIpc) is 2.65. The number of rotatable bonds is 8. The van der Waals surface area contributed by atoms with Crippen LogP contribution in [0.5, 0.6) is 17.2 Å². The molecule has 0 atom stereocenters. The second kappa shape index (κ2) is 9.62. The fourth-order valence-electron chi connectivity index (χ4n) is 2.36. The van der Waals surface area contributed by atoms with Crippen molar-refractivity contribution < 1.29 is 28.1 Å². The lowest BCUT2D eigenvalue weighted by Gasteiger charge is -2.13. The second-order valence-corrected chi connectivity index (χ2v) is 5.97. The van der Waals surface area contributed by atoms with E-state index in [1.54, 1.807) is 31.4 Å². The predicted octanol–water partition coefficient (Wildman–Crippen LogP) is 4.39. The molecule has 0 aliphatic carbocycles. The van der Waals surface area contributed by atoms with Crippen molar-refractivity contribution >= 4 is 12.0 Å². The zero-order valence-electron chi connectivity index (χ0n) is 15.8. The third kappa shape index (κ3) is 6.02. The van der Waals surface area contributed by atoms with E-state index in [-0.39, 0.29) is 12.7 Å². The molecule has 0 radical (unpaired) electrons. The van der Waals surface area contributed by atoms with Crippen molar-refractivity contribution in [1.82, 2.24) is 0 Å². The number of esters is 1. The third-order valence-electron chi connectivity index (χ3n) is 3.57. The number of hydrogen-bond acceptors (Lipinski definition) is 5. The van der Waals surface area contributed by atoms with E-state index in [2.05, 4.69) is 0 Å². The van der Waals surface area contributed by atoms with Crippen LogP contribution in [0.3, 0.4) is 0 Å². The molecule has 6 heteroatoms. The number of hydrogen-bond donors (Lipinski definition) is 0. The Bertz CT molecular complexity index is 814. The maximum Gasteiger partial charge on any atom is 0.331 e. The Kier molecular flexibility index (Phi) is 7.23. The summed E-state index contributed by atoms with van der Waals surface area (Å²) in [5.41, 5.74) is 1.21. The molecule has 27 heavy (non-hydrogen) atoms. The Hall–Kier alpha value is -3.02. The van der Waals surface area contributed by atoms with Gasteiger partial charge in [0, 0.05) is 11.6 Å².